The summed E-state index contributed by atoms with van der Waals surface area (Å²) in [5, 5.41) is 8.73. The van der Waals surface area contributed by atoms with Crippen molar-refractivity contribution < 1.29 is 9.59 Å². The van der Waals surface area contributed by atoms with Gasteiger partial charge in [-0.1, -0.05) is 37.3 Å². The molecule has 0 aliphatic carbocycles. The largest absolute Gasteiger partial charge is 0.351 e. The molecule has 1 aromatic carbocycles. The van der Waals surface area contributed by atoms with Crippen molar-refractivity contribution in [3.8, 4) is 0 Å². The van der Waals surface area contributed by atoms with E-state index in [1.807, 2.05) is 30.3 Å². The van der Waals surface area contributed by atoms with Crippen LogP contribution in [0.25, 0.3) is 0 Å². The van der Waals surface area contributed by atoms with Crippen LogP contribution in [0.4, 0.5) is 0 Å². The number of hydrazone groups is 1. The Morgan fingerprint density at radius 1 is 1.19 bits per heavy atom. The minimum absolute atomic E-state index is 0.0344. The minimum atomic E-state index is -0.149. The zero-order valence-corrected chi connectivity index (χ0v) is 15.5. The van der Waals surface area contributed by atoms with Crippen LogP contribution in [0.1, 0.15) is 38.2 Å². The Balaban J connectivity index is 1.52. The van der Waals surface area contributed by atoms with Crippen LogP contribution in [0.5, 0.6) is 0 Å². The third kappa shape index (κ3) is 5.14. The number of nitrogens with zero attached hydrogens (tertiary/aromatic N) is 3. The van der Waals surface area contributed by atoms with Crippen LogP contribution in [0, 0.1) is 5.92 Å². The summed E-state index contributed by atoms with van der Waals surface area (Å²) in [6.07, 6.45) is 3.31. The van der Waals surface area contributed by atoms with E-state index in [1.165, 1.54) is 30.9 Å². The summed E-state index contributed by atoms with van der Waals surface area (Å²) in [5.74, 6) is 0.222. The van der Waals surface area contributed by atoms with E-state index in [0.717, 1.165) is 12.1 Å². The van der Waals surface area contributed by atoms with Crippen molar-refractivity contribution in [3.63, 3.8) is 0 Å². The maximum atomic E-state index is 12.5. The standard InChI is InChI=1S/C20H28N4O2/c1-16(14-23-11-5-6-12-23)13-21-20(26)18-9-10-19(25)24(22-18)15-17-7-3-2-4-8-17/h2-4,7-8,16H,5-6,9-15H2,1H3,(H,21,26). The Kier molecular flexibility index (Phi) is 6.39. The predicted molar refractivity (Wildman–Crippen MR) is 102 cm³/mol. The Hall–Kier alpha value is -2.21. The van der Waals surface area contributed by atoms with Gasteiger partial charge in [-0.25, -0.2) is 5.01 Å². The highest BCUT2D eigenvalue weighted by molar-refractivity contribution is 6.39. The number of hydrogen-bond donors (Lipinski definition) is 1. The fourth-order valence-corrected chi connectivity index (χ4v) is 3.48. The Labute approximate surface area is 155 Å². The van der Waals surface area contributed by atoms with Gasteiger partial charge in [0, 0.05) is 25.9 Å². The van der Waals surface area contributed by atoms with Gasteiger partial charge < -0.3 is 10.2 Å². The first-order valence-electron chi connectivity index (χ1n) is 9.54. The molecule has 2 aliphatic rings. The lowest BCUT2D eigenvalue weighted by atomic mass is 10.1. The molecule has 2 amide bonds. The molecule has 0 saturated carbocycles. The van der Waals surface area contributed by atoms with Crippen LogP contribution in [0.2, 0.25) is 0 Å². The van der Waals surface area contributed by atoms with Gasteiger partial charge in [-0.3, -0.25) is 9.59 Å². The van der Waals surface area contributed by atoms with Crippen LogP contribution in [0.3, 0.4) is 0 Å². The zero-order chi connectivity index (χ0) is 18.4. The fourth-order valence-electron chi connectivity index (χ4n) is 3.48. The third-order valence-corrected chi connectivity index (χ3v) is 4.92. The number of hydrogen-bond acceptors (Lipinski definition) is 4. The van der Waals surface area contributed by atoms with Gasteiger partial charge >= 0.3 is 0 Å². The molecule has 2 aliphatic heterocycles. The molecule has 1 saturated heterocycles. The summed E-state index contributed by atoms with van der Waals surface area (Å²) in [6.45, 7) is 6.56. The van der Waals surface area contributed by atoms with Gasteiger partial charge in [0.25, 0.3) is 5.91 Å². The molecule has 1 atom stereocenters. The van der Waals surface area contributed by atoms with Crippen LogP contribution in [-0.4, -0.2) is 53.6 Å². The first-order valence-corrected chi connectivity index (χ1v) is 9.54. The van der Waals surface area contributed by atoms with Gasteiger partial charge in [0.05, 0.1) is 6.54 Å². The molecule has 0 aromatic heterocycles. The van der Waals surface area contributed by atoms with Crippen molar-refractivity contribution in [2.45, 2.75) is 39.2 Å². The van der Waals surface area contributed by atoms with Gasteiger partial charge in [-0.15, -0.1) is 0 Å². The van der Waals surface area contributed by atoms with Gasteiger partial charge in [-0.05, 0) is 37.4 Å². The van der Waals surface area contributed by atoms with E-state index in [-0.39, 0.29) is 11.8 Å². The molecule has 140 valence electrons. The lowest BCUT2D eigenvalue weighted by Crippen LogP contribution is -2.41. The van der Waals surface area contributed by atoms with E-state index in [1.54, 1.807) is 0 Å². The van der Waals surface area contributed by atoms with Crippen LogP contribution in [-0.2, 0) is 16.1 Å². The van der Waals surface area contributed by atoms with Crippen molar-refractivity contribution in [1.29, 1.82) is 0 Å². The van der Waals surface area contributed by atoms with Crippen molar-refractivity contribution in [1.82, 2.24) is 15.2 Å². The van der Waals surface area contributed by atoms with Crippen LogP contribution >= 0.6 is 0 Å². The normalized spacial score (nSPS) is 19.3. The Bertz CT molecular complexity index is 653. The fraction of sp³-hybridized carbons (Fsp3) is 0.550. The maximum absolute atomic E-state index is 12.5. The topological polar surface area (TPSA) is 65.0 Å². The van der Waals surface area contributed by atoms with E-state index in [0.29, 0.717) is 37.6 Å². The summed E-state index contributed by atoms with van der Waals surface area (Å²) in [5.41, 5.74) is 1.46. The van der Waals surface area contributed by atoms with Gasteiger partial charge in [0.2, 0.25) is 5.91 Å². The second-order valence-electron chi connectivity index (χ2n) is 7.31. The summed E-state index contributed by atoms with van der Waals surface area (Å²) in [4.78, 5) is 27.0. The van der Waals surface area contributed by atoms with Gasteiger partial charge in [0.1, 0.15) is 5.71 Å². The smallest absolute Gasteiger partial charge is 0.267 e. The number of carbonyl (C=O) groups excluding carboxylic acids is 2. The SMILES string of the molecule is CC(CNC(=O)C1=NN(Cc2ccccc2)C(=O)CC1)CN1CCCC1. The molecule has 0 spiro atoms. The predicted octanol–water partition coefficient (Wildman–Crippen LogP) is 2.01. The summed E-state index contributed by atoms with van der Waals surface area (Å²) in [6, 6.07) is 9.72. The summed E-state index contributed by atoms with van der Waals surface area (Å²) < 4.78 is 0. The number of nitrogens with one attached hydrogen (secondary N) is 1. The molecule has 1 N–H and O–H groups in total. The van der Waals surface area contributed by atoms with E-state index in [2.05, 4.69) is 22.2 Å². The summed E-state index contributed by atoms with van der Waals surface area (Å²) in [7, 11) is 0. The molecule has 1 fully saturated rings. The van der Waals surface area contributed by atoms with E-state index < -0.39 is 0 Å². The highest BCUT2D eigenvalue weighted by atomic mass is 16.2. The van der Waals surface area contributed by atoms with Gasteiger partial charge in [0.15, 0.2) is 0 Å². The highest BCUT2D eigenvalue weighted by Gasteiger charge is 2.25. The molecule has 0 bridgehead atoms. The van der Waals surface area contributed by atoms with Crippen molar-refractivity contribution in [3.05, 3.63) is 35.9 Å². The first-order chi connectivity index (χ1) is 12.6. The molecular formula is C20H28N4O2. The van der Waals surface area contributed by atoms with E-state index in [4.69, 9.17) is 0 Å². The number of benzene rings is 1. The lowest BCUT2D eigenvalue weighted by molar-refractivity contribution is -0.132. The molecule has 2 heterocycles. The number of rotatable bonds is 7. The molecule has 26 heavy (non-hydrogen) atoms. The average molecular weight is 356 g/mol. The summed E-state index contributed by atoms with van der Waals surface area (Å²) >= 11 is 0. The lowest BCUT2D eigenvalue weighted by Gasteiger charge is -2.24. The zero-order valence-electron chi connectivity index (χ0n) is 15.5. The monoisotopic (exact) mass is 356 g/mol. The molecular weight excluding hydrogens is 328 g/mol. The second-order valence-corrected chi connectivity index (χ2v) is 7.31. The quantitative estimate of drug-likeness (QED) is 0.813. The van der Waals surface area contributed by atoms with E-state index >= 15 is 0 Å². The highest BCUT2D eigenvalue weighted by Crippen LogP contribution is 2.14. The molecule has 3 rings (SSSR count). The maximum Gasteiger partial charge on any atom is 0.267 e. The molecule has 1 unspecified atom stereocenters. The molecule has 6 nitrogen and oxygen atoms in total. The Morgan fingerprint density at radius 3 is 2.65 bits per heavy atom. The minimum Gasteiger partial charge on any atom is -0.351 e. The van der Waals surface area contributed by atoms with E-state index in [9.17, 15) is 9.59 Å². The first kappa shape index (κ1) is 18.6. The molecule has 0 radical (unpaired) electrons. The van der Waals surface area contributed by atoms with Crippen LogP contribution in [0.15, 0.2) is 35.4 Å². The van der Waals surface area contributed by atoms with Crippen LogP contribution < -0.4 is 5.32 Å². The van der Waals surface area contributed by atoms with Crippen molar-refractivity contribution >= 4 is 17.5 Å². The molecule has 1 aromatic rings. The number of likely N-dealkylation sites (tertiary alicyclic amines) is 1. The van der Waals surface area contributed by atoms with Gasteiger partial charge in [-0.2, -0.15) is 5.10 Å². The van der Waals surface area contributed by atoms with Crippen molar-refractivity contribution in [2.24, 2.45) is 11.0 Å². The van der Waals surface area contributed by atoms with Crippen molar-refractivity contribution in [2.75, 3.05) is 26.2 Å². The third-order valence-electron chi connectivity index (χ3n) is 4.92. The average Bonchev–Trinajstić information content (AvgIpc) is 3.15. The Morgan fingerprint density at radius 2 is 1.92 bits per heavy atom. The number of carbonyl (C=O) groups is 2. The number of amides is 2. The second kappa shape index (κ2) is 8.94. The molecule has 6 heteroatoms.